The Morgan fingerprint density at radius 2 is 2.00 bits per heavy atom. The van der Waals surface area contributed by atoms with Crippen LogP contribution < -0.4 is 10.1 Å². The van der Waals surface area contributed by atoms with Gasteiger partial charge in [-0.1, -0.05) is 0 Å². The topological polar surface area (TPSA) is 61.9 Å². The lowest BCUT2D eigenvalue weighted by Gasteiger charge is -2.19. The van der Waals surface area contributed by atoms with Crippen LogP contribution in [0.4, 0.5) is 8.78 Å². The van der Waals surface area contributed by atoms with Crippen molar-refractivity contribution in [2.45, 2.75) is 13.0 Å². The summed E-state index contributed by atoms with van der Waals surface area (Å²) in [4.78, 5) is 27.8. The molecule has 1 fully saturated rings. The first kappa shape index (κ1) is 19.1. The number of benzene rings is 1. The Labute approximate surface area is 145 Å². The second-order valence-electron chi connectivity index (χ2n) is 6.35. The van der Waals surface area contributed by atoms with Crippen LogP contribution in [0.5, 0.6) is 5.75 Å². The standard InChI is InChI=1S/C17H23F2N3O3/c1-21(2)4-5-22-10-12(8-15(22)23)17(24)20-9-11-6-13(18)16(25-3)14(19)7-11/h6-7,12H,4-5,8-10H2,1-3H3,(H,20,24). The molecular formula is C17H23F2N3O3. The van der Waals surface area contributed by atoms with Gasteiger partial charge in [0.1, 0.15) is 0 Å². The number of hydrogen-bond acceptors (Lipinski definition) is 4. The first-order valence-electron chi connectivity index (χ1n) is 8.04. The second kappa shape index (κ2) is 8.24. The summed E-state index contributed by atoms with van der Waals surface area (Å²) < 4.78 is 31.9. The van der Waals surface area contributed by atoms with Crippen molar-refractivity contribution in [3.05, 3.63) is 29.3 Å². The van der Waals surface area contributed by atoms with Crippen LogP contribution in [-0.4, -0.2) is 62.5 Å². The van der Waals surface area contributed by atoms with Gasteiger partial charge in [0, 0.05) is 32.6 Å². The number of rotatable bonds is 7. The van der Waals surface area contributed by atoms with Gasteiger partial charge >= 0.3 is 0 Å². The number of carbonyl (C=O) groups excluding carboxylic acids is 2. The highest BCUT2D eigenvalue weighted by atomic mass is 19.1. The van der Waals surface area contributed by atoms with E-state index < -0.39 is 23.3 Å². The minimum atomic E-state index is -0.822. The average Bonchev–Trinajstić information content (AvgIpc) is 2.91. The van der Waals surface area contributed by atoms with E-state index in [0.29, 0.717) is 13.1 Å². The maximum absolute atomic E-state index is 13.7. The van der Waals surface area contributed by atoms with E-state index in [1.54, 1.807) is 4.90 Å². The number of likely N-dealkylation sites (N-methyl/N-ethyl adjacent to an activating group) is 1. The quantitative estimate of drug-likeness (QED) is 0.793. The number of likely N-dealkylation sites (tertiary alicyclic amines) is 1. The number of amides is 2. The Bertz CT molecular complexity index is 629. The fraction of sp³-hybridized carbons (Fsp3) is 0.529. The van der Waals surface area contributed by atoms with Gasteiger partial charge in [-0.15, -0.1) is 0 Å². The minimum Gasteiger partial charge on any atom is -0.491 e. The molecule has 1 aliphatic heterocycles. The number of nitrogens with one attached hydrogen (secondary N) is 1. The minimum absolute atomic E-state index is 0.0148. The summed E-state index contributed by atoms with van der Waals surface area (Å²) in [5, 5.41) is 2.64. The van der Waals surface area contributed by atoms with Gasteiger partial charge in [0.05, 0.1) is 13.0 Å². The third-order valence-electron chi connectivity index (χ3n) is 4.13. The molecule has 0 spiro atoms. The molecule has 0 aliphatic carbocycles. The van der Waals surface area contributed by atoms with Crippen LogP contribution in [0, 0.1) is 17.6 Å². The van der Waals surface area contributed by atoms with E-state index in [1.807, 2.05) is 19.0 Å². The van der Waals surface area contributed by atoms with Gasteiger partial charge in [-0.3, -0.25) is 9.59 Å². The van der Waals surface area contributed by atoms with E-state index in [1.165, 1.54) is 7.11 Å². The Morgan fingerprint density at radius 3 is 2.56 bits per heavy atom. The van der Waals surface area contributed by atoms with Crippen molar-refractivity contribution in [3.63, 3.8) is 0 Å². The fourth-order valence-corrected chi connectivity index (χ4v) is 2.73. The molecule has 6 nitrogen and oxygen atoms in total. The molecule has 1 N–H and O–H groups in total. The Balaban J connectivity index is 1.90. The molecule has 1 atom stereocenters. The zero-order valence-corrected chi connectivity index (χ0v) is 14.6. The van der Waals surface area contributed by atoms with Crippen molar-refractivity contribution in [1.29, 1.82) is 0 Å². The van der Waals surface area contributed by atoms with Gasteiger partial charge < -0.3 is 19.9 Å². The van der Waals surface area contributed by atoms with E-state index >= 15 is 0 Å². The van der Waals surface area contributed by atoms with E-state index in [0.717, 1.165) is 18.7 Å². The Kier molecular flexibility index (Phi) is 6.30. The molecule has 0 bridgehead atoms. The van der Waals surface area contributed by atoms with Crippen molar-refractivity contribution >= 4 is 11.8 Å². The molecule has 0 aromatic heterocycles. The number of nitrogens with zero attached hydrogens (tertiary/aromatic N) is 2. The van der Waals surface area contributed by atoms with Crippen LogP contribution >= 0.6 is 0 Å². The number of ether oxygens (including phenoxy) is 1. The van der Waals surface area contributed by atoms with Crippen molar-refractivity contribution in [1.82, 2.24) is 15.1 Å². The second-order valence-corrected chi connectivity index (χ2v) is 6.35. The van der Waals surface area contributed by atoms with Crippen LogP contribution in [0.3, 0.4) is 0 Å². The average molecular weight is 355 g/mol. The summed E-state index contributed by atoms with van der Waals surface area (Å²) in [6, 6.07) is 2.23. The molecule has 0 saturated carbocycles. The lowest BCUT2D eigenvalue weighted by atomic mass is 10.1. The molecule has 1 aromatic carbocycles. The van der Waals surface area contributed by atoms with Crippen LogP contribution in [0.2, 0.25) is 0 Å². The maximum atomic E-state index is 13.7. The predicted molar refractivity (Wildman–Crippen MR) is 88.0 cm³/mol. The van der Waals surface area contributed by atoms with Gasteiger partial charge in [-0.25, -0.2) is 8.78 Å². The molecule has 2 amide bonds. The maximum Gasteiger partial charge on any atom is 0.225 e. The normalized spacial score (nSPS) is 17.3. The molecule has 2 rings (SSSR count). The molecule has 8 heteroatoms. The highest BCUT2D eigenvalue weighted by molar-refractivity contribution is 5.89. The fourth-order valence-electron chi connectivity index (χ4n) is 2.73. The third kappa shape index (κ3) is 4.88. The summed E-state index contributed by atoms with van der Waals surface area (Å²) in [6.45, 7) is 1.65. The summed E-state index contributed by atoms with van der Waals surface area (Å²) in [5.41, 5.74) is 0.290. The van der Waals surface area contributed by atoms with Gasteiger partial charge in [0.15, 0.2) is 17.4 Å². The monoisotopic (exact) mass is 355 g/mol. The molecule has 138 valence electrons. The predicted octanol–water partition coefficient (Wildman–Crippen LogP) is 1.000. The number of hydrogen-bond donors (Lipinski definition) is 1. The zero-order valence-electron chi connectivity index (χ0n) is 14.6. The Morgan fingerprint density at radius 1 is 1.36 bits per heavy atom. The van der Waals surface area contributed by atoms with E-state index in [9.17, 15) is 18.4 Å². The summed E-state index contributed by atoms with van der Waals surface area (Å²) in [7, 11) is 5.01. The lowest BCUT2D eigenvalue weighted by molar-refractivity contribution is -0.129. The smallest absolute Gasteiger partial charge is 0.225 e. The SMILES string of the molecule is COc1c(F)cc(CNC(=O)C2CC(=O)N(CCN(C)C)C2)cc1F. The highest BCUT2D eigenvalue weighted by Crippen LogP contribution is 2.23. The lowest BCUT2D eigenvalue weighted by Crippen LogP contribution is -2.35. The van der Waals surface area contributed by atoms with Crippen molar-refractivity contribution in [2.75, 3.05) is 40.8 Å². The molecular weight excluding hydrogens is 332 g/mol. The van der Waals surface area contributed by atoms with Crippen molar-refractivity contribution in [3.8, 4) is 5.75 Å². The molecule has 1 aromatic rings. The van der Waals surface area contributed by atoms with Crippen LogP contribution in [-0.2, 0) is 16.1 Å². The molecule has 0 radical (unpaired) electrons. The number of halogens is 2. The first-order chi connectivity index (χ1) is 11.8. The van der Waals surface area contributed by atoms with Gasteiger partial charge in [0.25, 0.3) is 0 Å². The molecule has 1 saturated heterocycles. The third-order valence-corrected chi connectivity index (χ3v) is 4.13. The van der Waals surface area contributed by atoms with Crippen LogP contribution in [0.1, 0.15) is 12.0 Å². The van der Waals surface area contributed by atoms with Gasteiger partial charge in [-0.2, -0.15) is 0 Å². The Hall–Kier alpha value is -2.22. The summed E-state index contributed by atoms with van der Waals surface area (Å²) >= 11 is 0. The van der Waals surface area contributed by atoms with E-state index in [2.05, 4.69) is 10.1 Å². The number of carbonyl (C=O) groups is 2. The molecule has 1 unspecified atom stereocenters. The molecule has 1 aliphatic rings. The zero-order chi connectivity index (χ0) is 18.6. The largest absolute Gasteiger partial charge is 0.491 e. The van der Waals surface area contributed by atoms with E-state index in [-0.39, 0.29) is 30.3 Å². The highest BCUT2D eigenvalue weighted by Gasteiger charge is 2.33. The van der Waals surface area contributed by atoms with Crippen LogP contribution in [0.25, 0.3) is 0 Å². The van der Waals surface area contributed by atoms with Crippen LogP contribution in [0.15, 0.2) is 12.1 Å². The molecule has 25 heavy (non-hydrogen) atoms. The van der Waals surface area contributed by atoms with Crippen molar-refractivity contribution in [2.24, 2.45) is 5.92 Å². The summed E-state index contributed by atoms with van der Waals surface area (Å²) in [6.07, 6.45) is 0.157. The van der Waals surface area contributed by atoms with Gasteiger partial charge in [-0.05, 0) is 31.8 Å². The first-order valence-corrected chi connectivity index (χ1v) is 8.04. The molecule has 1 heterocycles. The summed E-state index contributed by atoms with van der Waals surface area (Å²) in [5.74, 6) is -2.88. The van der Waals surface area contributed by atoms with Crippen molar-refractivity contribution < 1.29 is 23.1 Å². The van der Waals surface area contributed by atoms with Gasteiger partial charge in [0.2, 0.25) is 11.8 Å². The van der Waals surface area contributed by atoms with E-state index in [4.69, 9.17) is 0 Å². The number of methoxy groups -OCH3 is 1.